The van der Waals surface area contributed by atoms with Crippen molar-refractivity contribution in [2.45, 2.75) is 12.2 Å². The quantitative estimate of drug-likeness (QED) is 0.618. The average Bonchev–Trinajstić information content (AvgIpc) is 2.70. The van der Waals surface area contributed by atoms with Crippen molar-refractivity contribution in [3.05, 3.63) is 102 Å². The van der Waals surface area contributed by atoms with Gasteiger partial charge >= 0.3 is 0 Å². The van der Waals surface area contributed by atoms with Gasteiger partial charge in [0.2, 0.25) is 0 Å². The maximum absolute atomic E-state index is 13.9. The highest BCUT2D eigenvalue weighted by molar-refractivity contribution is 7.71. The van der Waals surface area contributed by atoms with Crippen molar-refractivity contribution in [1.82, 2.24) is 0 Å². The highest BCUT2D eigenvalue weighted by atomic mass is 31.2. The zero-order valence-corrected chi connectivity index (χ0v) is 15.4. The Morgan fingerprint density at radius 3 is 1.35 bits per heavy atom. The Morgan fingerprint density at radius 1 is 0.615 bits per heavy atom. The van der Waals surface area contributed by atoms with Crippen LogP contribution in [0.3, 0.4) is 0 Å². The molecule has 0 aliphatic heterocycles. The van der Waals surface area contributed by atoms with Gasteiger partial charge in [-0.25, -0.2) is 0 Å². The Morgan fingerprint density at radius 2 is 0.962 bits per heavy atom. The summed E-state index contributed by atoms with van der Waals surface area (Å²) < 4.78 is 13.9. The minimum absolute atomic E-state index is 0.102. The van der Waals surface area contributed by atoms with Gasteiger partial charge in [0.1, 0.15) is 7.14 Å². The summed E-state index contributed by atoms with van der Waals surface area (Å²) in [6.45, 7) is 0. The average molecular weight is 366 g/mol. The van der Waals surface area contributed by atoms with E-state index < -0.39 is 19.3 Å². The van der Waals surface area contributed by atoms with E-state index in [1.165, 1.54) is 0 Å². The molecule has 0 radical (unpaired) electrons. The lowest BCUT2D eigenvalue weighted by Crippen LogP contribution is -2.19. The normalized spacial score (nSPS) is 13.9. The van der Waals surface area contributed by atoms with Crippen molar-refractivity contribution in [1.29, 1.82) is 0 Å². The minimum atomic E-state index is -3.01. The second-order valence-corrected chi connectivity index (χ2v) is 9.47. The molecule has 0 aromatic heterocycles. The first-order valence-corrected chi connectivity index (χ1v) is 10.8. The molecule has 3 rings (SSSR count). The molecule has 4 heteroatoms. The second-order valence-electron chi connectivity index (χ2n) is 6.44. The Hall–Kier alpha value is -2.19. The molecule has 26 heavy (non-hydrogen) atoms. The molecule has 2 N–H and O–H groups in total. The summed E-state index contributed by atoms with van der Waals surface area (Å²) in [5.74, 6) is 0. The third-order valence-corrected chi connectivity index (χ3v) is 7.64. The first-order chi connectivity index (χ1) is 12.6. The molecule has 0 aliphatic carbocycles. The monoisotopic (exact) mass is 366 g/mol. The molecule has 0 saturated carbocycles. The number of aliphatic hydroxyl groups excluding tert-OH is 2. The van der Waals surface area contributed by atoms with E-state index in [4.69, 9.17) is 0 Å². The van der Waals surface area contributed by atoms with Crippen LogP contribution in [0.25, 0.3) is 0 Å². The molecule has 3 aromatic carbocycles. The highest BCUT2D eigenvalue weighted by Gasteiger charge is 2.31. The molecule has 3 aromatic rings. The lowest BCUT2D eigenvalue weighted by Gasteiger charge is -2.24. The zero-order chi connectivity index (χ0) is 18.4. The van der Waals surface area contributed by atoms with E-state index in [2.05, 4.69) is 0 Å². The van der Waals surface area contributed by atoms with Crippen LogP contribution < -0.4 is 5.30 Å². The van der Waals surface area contributed by atoms with Crippen molar-refractivity contribution in [2.75, 3.05) is 12.3 Å². The lowest BCUT2D eigenvalue weighted by molar-refractivity contribution is 0.193. The van der Waals surface area contributed by atoms with E-state index >= 15 is 0 Å². The Kier molecular flexibility index (Phi) is 6.05. The lowest BCUT2D eigenvalue weighted by atomic mass is 10.1. The largest absolute Gasteiger partial charge is 0.388 e. The van der Waals surface area contributed by atoms with Crippen LogP contribution in [0.15, 0.2) is 91.0 Å². The topological polar surface area (TPSA) is 57.5 Å². The predicted molar refractivity (Wildman–Crippen MR) is 106 cm³/mol. The number of benzene rings is 3. The van der Waals surface area contributed by atoms with E-state index in [9.17, 15) is 14.8 Å². The van der Waals surface area contributed by atoms with E-state index in [-0.39, 0.29) is 12.3 Å². The van der Waals surface area contributed by atoms with Gasteiger partial charge in [0, 0.05) is 17.6 Å². The van der Waals surface area contributed by atoms with Gasteiger partial charge < -0.3 is 14.8 Å². The molecular weight excluding hydrogens is 343 g/mol. The Balaban J connectivity index is 1.89. The summed E-state index contributed by atoms with van der Waals surface area (Å²) in [4.78, 5) is 0. The summed E-state index contributed by atoms with van der Waals surface area (Å²) in [6, 6.07) is 27.7. The van der Waals surface area contributed by atoms with Crippen LogP contribution in [-0.4, -0.2) is 22.5 Å². The Labute approximate surface area is 154 Å². The minimum Gasteiger partial charge on any atom is -0.388 e. The molecule has 0 amide bonds. The van der Waals surface area contributed by atoms with Gasteiger partial charge in [-0.05, 0) is 11.1 Å². The van der Waals surface area contributed by atoms with Crippen molar-refractivity contribution in [2.24, 2.45) is 0 Å². The summed E-state index contributed by atoms with van der Waals surface area (Å²) in [5, 5.41) is 22.0. The number of hydrogen-bond donors (Lipinski definition) is 2. The highest BCUT2D eigenvalue weighted by Crippen LogP contribution is 2.50. The summed E-state index contributed by atoms with van der Waals surface area (Å²) in [5.41, 5.74) is 1.47. The fourth-order valence-corrected chi connectivity index (χ4v) is 5.93. The van der Waals surface area contributed by atoms with Crippen molar-refractivity contribution in [3.63, 3.8) is 0 Å². The fraction of sp³-hybridized carbons (Fsp3) is 0.182. The molecular formula is C22H23O3P. The molecule has 0 heterocycles. The smallest absolute Gasteiger partial charge is 0.121 e. The van der Waals surface area contributed by atoms with Gasteiger partial charge in [-0.1, -0.05) is 91.0 Å². The fourth-order valence-electron chi connectivity index (χ4n) is 3.10. The number of rotatable bonds is 7. The van der Waals surface area contributed by atoms with Gasteiger partial charge in [0.05, 0.1) is 12.2 Å². The molecule has 0 aliphatic rings. The summed E-state index contributed by atoms with van der Waals surface area (Å²) in [7, 11) is -3.01. The van der Waals surface area contributed by atoms with Crippen molar-refractivity contribution >= 4 is 12.4 Å². The van der Waals surface area contributed by atoms with Crippen LogP contribution in [0.4, 0.5) is 0 Å². The van der Waals surface area contributed by atoms with Crippen LogP contribution in [0.1, 0.15) is 23.3 Å². The standard InChI is InChI=1S/C22H23O3P/c23-21(18-10-4-1-5-11-18)16-26(25,20-14-8-3-9-15-20)17-22(24)19-12-6-2-7-13-19/h1-15,21-24H,16-17H2/t21-,22-/m1/s1. The van der Waals surface area contributed by atoms with E-state index in [0.29, 0.717) is 5.30 Å². The van der Waals surface area contributed by atoms with Crippen LogP contribution in [-0.2, 0) is 4.57 Å². The maximum atomic E-state index is 13.9. The van der Waals surface area contributed by atoms with Gasteiger partial charge in [-0.15, -0.1) is 0 Å². The molecule has 0 spiro atoms. The van der Waals surface area contributed by atoms with E-state index in [1.54, 1.807) is 0 Å². The first-order valence-electron chi connectivity index (χ1n) is 8.68. The SMILES string of the molecule is O=P(C[C@@H](O)c1ccccc1)(C[C@@H](O)c1ccccc1)c1ccccc1. The first kappa shape index (κ1) is 18.6. The van der Waals surface area contributed by atoms with Crippen LogP contribution in [0, 0.1) is 0 Å². The van der Waals surface area contributed by atoms with Gasteiger partial charge in [0.25, 0.3) is 0 Å². The van der Waals surface area contributed by atoms with Crippen LogP contribution in [0.5, 0.6) is 0 Å². The summed E-state index contributed by atoms with van der Waals surface area (Å²) >= 11 is 0. The van der Waals surface area contributed by atoms with Gasteiger partial charge in [0.15, 0.2) is 0 Å². The Bertz CT molecular complexity index is 799. The molecule has 134 valence electrons. The molecule has 0 fully saturated rings. The maximum Gasteiger partial charge on any atom is 0.121 e. The third kappa shape index (κ3) is 4.50. The molecule has 3 nitrogen and oxygen atoms in total. The van der Waals surface area contributed by atoms with E-state index in [0.717, 1.165) is 11.1 Å². The number of hydrogen-bond acceptors (Lipinski definition) is 3. The van der Waals surface area contributed by atoms with Crippen molar-refractivity contribution in [3.8, 4) is 0 Å². The summed E-state index contributed by atoms with van der Waals surface area (Å²) in [6.07, 6.45) is -1.48. The van der Waals surface area contributed by atoms with Crippen LogP contribution in [0.2, 0.25) is 0 Å². The predicted octanol–water partition coefficient (Wildman–Crippen LogP) is 4.14. The molecule has 0 saturated heterocycles. The third-order valence-electron chi connectivity index (χ3n) is 4.53. The molecule has 0 bridgehead atoms. The molecule has 2 atom stereocenters. The van der Waals surface area contributed by atoms with E-state index in [1.807, 2.05) is 91.0 Å². The molecule has 0 unspecified atom stereocenters. The second kappa shape index (κ2) is 8.46. The van der Waals surface area contributed by atoms with Gasteiger partial charge in [-0.2, -0.15) is 0 Å². The zero-order valence-electron chi connectivity index (χ0n) is 14.5. The van der Waals surface area contributed by atoms with Gasteiger partial charge in [-0.3, -0.25) is 0 Å². The number of aliphatic hydroxyl groups is 2. The van der Waals surface area contributed by atoms with Crippen molar-refractivity contribution < 1.29 is 14.8 Å². The van der Waals surface area contributed by atoms with Crippen LogP contribution >= 0.6 is 7.14 Å².